The lowest BCUT2D eigenvalue weighted by atomic mass is 10.1. The van der Waals surface area contributed by atoms with Crippen LogP contribution in [0.3, 0.4) is 0 Å². The fraction of sp³-hybridized carbons (Fsp3) is 0.222. The minimum absolute atomic E-state index is 0.208. The number of anilines is 2. The molecule has 0 bridgehead atoms. The first-order valence-electron chi connectivity index (χ1n) is 7.98. The molecule has 1 fully saturated rings. The fourth-order valence-electron chi connectivity index (χ4n) is 3.12. The van der Waals surface area contributed by atoms with E-state index in [0.717, 1.165) is 14.9 Å². The Bertz CT molecular complexity index is 978. The summed E-state index contributed by atoms with van der Waals surface area (Å²) in [7, 11) is 0. The normalized spacial score (nSPS) is 21.7. The number of fused-ring (bicyclic) bond motifs is 1. The standard InChI is InChI=1S/C18H14BrFN4O2/c1-9-3-4-11(8-14(9)20)23-17(25)15-16(18(23)26)24(22-21-15)12-5-6-13(19)10(2)7-12/h3-8,15-16H,1-2H3/t15-,16+/m1/s1. The van der Waals surface area contributed by atoms with E-state index >= 15 is 0 Å². The second kappa shape index (κ2) is 5.98. The van der Waals surface area contributed by atoms with Gasteiger partial charge in [-0.25, -0.2) is 14.3 Å². The Morgan fingerprint density at radius 3 is 2.42 bits per heavy atom. The molecule has 132 valence electrons. The number of aryl methyl sites for hydroxylation is 2. The van der Waals surface area contributed by atoms with Crippen molar-refractivity contribution in [2.75, 3.05) is 9.91 Å². The van der Waals surface area contributed by atoms with Gasteiger partial charge in [-0.2, -0.15) is 5.11 Å². The van der Waals surface area contributed by atoms with Crippen molar-refractivity contribution in [2.45, 2.75) is 25.9 Å². The van der Waals surface area contributed by atoms with Gasteiger partial charge in [-0.3, -0.25) is 9.59 Å². The zero-order valence-corrected chi connectivity index (χ0v) is 15.6. The number of amides is 2. The number of imide groups is 1. The van der Waals surface area contributed by atoms with Crippen LogP contribution < -0.4 is 9.91 Å². The van der Waals surface area contributed by atoms with Crippen LogP contribution >= 0.6 is 15.9 Å². The maximum absolute atomic E-state index is 13.9. The molecule has 8 heteroatoms. The minimum Gasteiger partial charge on any atom is -0.271 e. The molecule has 0 spiro atoms. The van der Waals surface area contributed by atoms with Gasteiger partial charge in [0, 0.05) is 4.47 Å². The molecule has 26 heavy (non-hydrogen) atoms. The molecular formula is C18H14BrFN4O2. The summed E-state index contributed by atoms with van der Waals surface area (Å²) in [6, 6.07) is 8.02. The Balaban J connectivity index is 1.71. The molecule has 0 N–H and O–H groups in total. The van der Waals surface area contributed by atoms with Crippen LogP contribution in [0.25, 0.3) is 0 Å². The van der Waals surface area contributed by atoms with E-state index in [0.29, 0.717) is 11.3 Å². The van der Waals surface area contributed by atoms with E-state index in [9.17, 15) is 14.0 Å². The van der Waals surface area contributed by atoms with Gasteiger partial charge in [0.2, 0.25) is 0 Å². The van der Waals surface area contributed by atoms with Gasteiger partial charge in [-0.1, -0.05) is 27.2 Å². The van der Waals surface area contributed by atoms with Gasteiger partial charge in [0.25, 0.3) is 11.8 Å². The van der Waals surface area contributed by atoms with Gasteiger partial charge in [0.05, 0.1) is 11.4 Å². The van der Waals surface area contributed by atoms with Crippen LogP contribution in [0.2, 0.25) is 0 Å². The summed E-state index contributed by atoms with van der Waals surface area (Å²) in [4.78, 5) is 26.6. The summed E-state index contributed by atoms with van der Waals surface area (Å²) in [6.07, 6.45) is 0. The Labute approximate surface area is 157 Å². The van der Waals surface area contributed by atoms with Crippen molar-refractivity contribution in [3.8, 4) is 0 Å². The summed E-state index contributed by atoms with van der Waals surface area (Å²) >= 11 is 3.43. The van der Waals surface area contributed by atoms with E-state index in [-0.39, 0.29) is 5.69 Å². The number of hydrogen-bond acceptors (Lipinski definition) is 5. The zero-order valence-electron chi connectivity index (χ0n) is 14.0. The maximum Gasteiger partial charge on any atom is 0.263 e. The van der Waals surface area contributed by atoms with E-state index in [4.69, 9.17) is 0 Å². The molecule has 6 nitrogen and oxygen atoms in total. The van der Waals surface area contributed by atoms with Crippen LogP contribution in [0, 0.1) is 19.7 Å². The third-order valence-corrected chi connectivity index (χ3v) is 5.49. The molecule has 4 rings (SSSR count). The summed E-state index contributed by atoms with van der Waals surface area (Å²) in [5, 5.41) is 9.46. The minimum atomic E-state index is -0.921. The van der Waals surface area contributed by atoms with Crippen molar-refractivity contribution in [3.05, 3.63) is 57.8 Å². The number of benzene rings is 2. The SMILES string of the molecule is Cc1ccc(N2C(=O)[C@@H]3[C@@H](N=NN3c3ccc(Br)c(C)c3)C2=O)cc1F. The van der Waals surface area contributed by atoms with E-state index < -0.39 is 29.7 Å². The third kappa shape index (κ3) is 2.44. The quantitative estimate of drug-likeness (QED) is 0.700. The Kier molecular flexibility index (Phi) is 3.87. The second-order valence-corrected chi connectivity index (χ2v) is 7.17. The van der Waals surface area contributed by atoms with Crippen molar-refractivity contribution in [2.24, 2.45) is 10.3 Å². The molecule has 0 aromatic heterocycles. The van der Waals surface area contributed by atoms with Crippen molar-refractivity contribution >= 4 is 39.1 Å². The number of carbonyl (C=O) groups excluding carboxylic acids is 2. The lowest BCUT2D eigenvalue weighted by Gasteiger charge is -2.21. The monoisotopic (exact) mass is 416 g/mol. The molecule has 2 aliphatic heterocycles. The summed E-state index contributed by atoms with van der Waals surface area (Å²) in [5.74, 6) is -1.43. The first-order valence-corrected chi connectivity index (χ1v) is 8.78. The average molecular weight is 417 g/mol. The Morgan fingerprint density at radius 1 is 1.00 bits per heavy atom. The average Bonchev–Trinajstić information content (AvgIpc) is 3.14. The van der Waals surface area contributed by atoms with Gasteiger partial charge >= 0.3 is 0 Å². The molecule has 2 atom stereocenters. The first-order chi connectivity index (χ1) is 12.4. The van der Waals surface area contributed by atoms with Gasteiger partial charge in [-0.05, 0) is 55.3 Å². The van der Waals surface area contributed by atoms with Gasteiger partial charge in [0.1, 0.15) is 5.82 Å². The molecule has 0 radical (unpaired) electrons. The first kappa shape index (κ1) is 16.8. The number of halogens is 2. The maximum atomic E-state index is 13.9. The van der Waals surface area contributed by atoms with E-state index in [1.54, 1.807) is 19.1 Å². The molecule has 2 heterocycles. The molecule has 0 aliphatic carbocycles. The zero-order chi connectivity index (χ0) is 18.6. The van der Waals surface area contributed by atoms with Crippen LogP contribution in [0.15, 0.2) is 51.2 Å². The molecule has 2 aromatic rings. The topological polar surface area (TPSA) is 65.3 Å². The van der Waals surface area contributed by atoms with Crippen molar-refractivity contribution in [1.82, 2.24) is 0 Å². The highest BCUT2D eigenvalue weighted by atomic mass is 79.9. The molecule has 2 aliphatic rings. The largest absolute Gasteiger partial charge is 0.271 e. The van der Waals surface area contributed by atoms with E-state index in [1.807, 2.05) is 19.1 Å². The Morgan fingerprint density at radius 2 is 1.73 bits per heavy atom. The summed E-state index contributed by atoms with van der Waals surface area (Å²) in [5.41, 5.74) is 2.29. The third-order valence-electron chi connectivity index (χ3n) is 4.60. The molecule has 2 aromatic carbocycles. The molecule has 0 unspecified atom stereocenters. The lowest BCUT2D eigenvalue weighted by Crippen LogP contribution is -2.40. The van der Waals surface area contributed by atoms with Gasteiger partial charge in [-0.15, -0.1) is 0 Å². The van der Waals surface area contributed by atoms with Crippen LogP contribution in [0.1, 0.15) is 11.1 Å². The van der Waals surface area contributed by atoms with Crippen molar-refractivity contribution in [3.63, 3.8) is 0 Å². The highest BCUT2D eigenvalue weighted by molar-refractivity contribution is 9.10. The van der Waals surface area contributed by atoms with Crippen LogP contribution in [0.4, 0.5) is 15.8 Å². The molecular weight excluding hydrogens is 403 g/mol. The predicted octanol–water partition coefficient (Wildman–Crippen LogP) is 3.70. The molecule has 1 saturated heterocycles. The van der Waals surface area contributed by atoms with Gasteiger partial charge in [0.15, 0.2) is 12.1 Å². The number of rotatable bonds is 2. The Hall–Kier alpha value is -2.61. The molecule has 2 amide bonds. The van der Waals surface area contributed by atoms with E-state index in [1.165, 1.54) is 17.1 Å². The number of hydrogen-bond donors (Lipinski definition) is 0. The van der Waals surface area contributed by atoms with Crippen LogP contribution in [-0.2, 0) is 9.59 Å². The highest BCUT2D eigenvalue weighted by Crippen LogP contribution is 2.36. The smallest absolute Gasteiger partial charge is 0.263 e. The van der Waals surface area contributed by atoms with E-state index in [2.05, 4.69) is 26.3 Å². The van der Waals surface area contributed by atoms with Crippen LogP contribution in [0.5, 0.6) is 0 Å². The summed E-state index contributed by atoms with van der Waals surface area (Å²) in [6.45, 7) is 3.54. The second-order valence-electron chi connectivity index (χ2n) is 6.32. The highest BCUT2D eigenvalue weighted by Gasteiger charge is 2.55. The fourth-order valence-corrected chi connectivity index (χ4v) is 3.37. The number of carbonyl (C=O) groups is 2. The lowest BCUT2D eigenvalue weighted by molar-refractivity contribution is -0.121. The van der Waals surface area contributed by atoms with Crippen LogP contribution in [-0.4, -0.2) is 23.9 Å². The van der Waals surface area contributed by atoms with Crippen molar-refractivity contribution in [1.29, 1.82) is 0 Å². The predicted molar refractivity (Wildman–Crippen MR) is 97.4 cm³/mol. The number of nitrogens with zero attached hydrogens (tertiary/aromatic N) is 4. The summed E-state index contributed by atoms with van der Waals surface area (Å²) < 4.78 is 14.8. The van der Waals surface area contributed by atoms with Crippen molar-refractivity contribution < 1.29 is 14.0 Å². The van der Waals surface area contributed by atoms with Gasteiger partial charge < -0.3 is 0 Å². The molecule has 0 saturated carbocycles.